The second kappa shape index (κ2) is 41.0. The van der Waals surface area contributed by atoms with Gasteiger partial charge in [0.2, 0.25) is 5.91 Å². The molecule has 3 aliphatic heterocycles. The lowest BCUT2D eigenvalue weighted by molar-refractivity contribution is -0.379. The molecule has 3 heterocycles. The Morgan fingerprint density at radius 1 is 0.481 bits per heavy atom. The zero-order valence-electron chi connectivity index (χ0n) is 45.6. The fourth-order valence-electron chi connectivity index (χ4n) is 9.06. The summed E-state index contributed by atoms with van der Waals surface area (Å²) in [7, 11) is 0. The van der Waals surface area contributed by atoms with E-state index in [1.54, 1.807) is 0 Å². The number of carbonyl (C=O) groups excluding carboxylic acids is 1. The van der Waals surface area contributed by atoms with Gasteiger partial charge >= 0.3 is 0 Å². The molecule has 0 aliphatic carbocycles. The van der Waals surface area contributed by atoms with E-state index in [0.717, 1.165) is 70.6 Å². The number of allylic oxidation sites excluding steroid dienone is 14. The molecule has 1 amide bonds. The normalized spacial score (nSPS) is 31.4. The highest BCUT2D eigenvalue weighted by Gasteiger charge is 2.53. The molecule has 17 unspecified atom stereocenters. The average Bonchev–Trinajstić information content (AvgIpc) is 3.43. The van der Waals surface area contributed by atoms with Gasteiger partial charge in [0.05, 0.1) is 38.6 Å². The first-order chi connectivity index (χ1) is 37.3. The van der Waals surface area contributed by atoms with Gasteiger partial charge in [-0.15, -0.1) is 0 Å². The summed E-state index contributed by atoms with van der Waals surface area (Å²) in [6, 6.07) is -0.921. The van der Waals surface area contributed by atoms with E-state index in [9.17, 15) is 61.0 Å². The lowest BCUT2D eigenvalue weighted by Crippen LogP contribution is -2.66. The summed E-state index contributed by atoms with van der Waals surface area (Å²) >= 11 is 0. The van der Waals surface area contributed by atoms with Gasteiger partial charge in [0.15, 0.2) is 18.9 Å². The highest BCUT2D eigenvalue weighted by atomic mass is 16.8. The monoisotopic (exact) mass is 1100 g/mol. The lowest BCUT2D eigenvalue weighted by atomic mass is 9.96. The number of aliphatic hydroxyl groups excluding tert-OH is 11. The van der Waals surface area contributed by atoms with Crippen LogP contribution in [0, 0.1) is 0 Å². The Hall–Kier alpha value is -3.03. The third kappa shape index (κ3) is 25.5. The van der Waals surface area contributed by atoms with Gasteiger partial charge in [-0.1, -0.05) is 157 Å². The van der Waals surface area contributed by atoms with E-state index in [0.29, 0.717) is 25.7 Å². The molecule has 3 rings (SSSR count). The predicted molar refractivity (Wildman–Crippen MR) is 291 cm³/mol. The van der Waals surface area contributed by atoms with E-state index >= 15 is 0 Å². The summed E-state index contributed by atoms with van der Waals surface area (Å²) in [6.07, 6.45) is 21.3. The Labute approximate surface area is 457 Å². The summed E-state index contributed by atoms with van der Waals surface area (Å²) in [5.74, 6) is -0.308. The van der Waals surface area contributed by atoms with E-state index in [-0.39, 0.29) is 18.9 Å². The number of carbonyl (C=O) groups is 1. The van der Waals surface area contributed by atoms with Crippen molar-refractivity contribution in [2.24, 2.45) is 0 Å². The Morgan fingerprint density at radius 2 is 0.883 bits per heavy atom. The van der Waals surface area contributed by atoms with E-state index < -0.39 is 124 Å². The van der Waals surface area contributed by atoms with Crippen LogP contribution >= 0.6 is 0 Å². The Balaban J connectivity index is 1.49. The SMILES string of the molecule is CC/C=C\C/C=C\C/C=C\C/C=C\C/C=C\C/C=C\C/C=C\CCCC(=O)NC(COC1OC(CO)C(OC2OC(CO)C(OC3OC(CO)C(O)C(O)C3O)C(O)C2O)C(O)C1O)C(O)CCCCCCCCCCC. The summed E-state index contributed by atoms with van der Waals surface area (Å²) < 4.78 is 34.1. The number of hydrogen-bond donors (Lipinski definition) is 12. The zero-order valence-corrected chi connectivity index (χ0v) is 45.6. The lowest BCUT2D eigenvalue weighted by Gasteiger charge is -2.48. The molecular weight excluding hydrogens is 999 g/mol. The van der Waals surface area contributed by atoms with Crippen molar-refractivity contribution in [1.82, 2.24) is 5.32 Å². The number of ether oxygens (including phenoxy) is 6. The topological polar surface area (TPSA) is 307 Å². The van der Waals surface area contributed by atoms with Crippen molar-refractivity contribution in [2.45, 2.75) is 247 Å². The van der Waals surface area contributed by atoms with Crippen LogP contribution in [0.25, 0.3) is 0 Å². The number of hydrogen-bond acceptors (Lipinski definition) is 18. The van der Waals surface area contributed by atoms with Gasteiger partial charge in [-0.3, -0.25) is 4.79 Å². The molecule has 19 heteroatoms. The van der Waals surface area contributed by atoms with Crippen LogP contribution in [-0.2, 0) is 33.2 Å². The van der Waals surface area contributed by atoms with Gasteiger partial charge in [-0.05, 0) is 64.2 Å². The third-order valence-corrected chi connectivity index (χ3v) is 13.7. The molecule has 17 atom stereocenters. The zero-order chi connectivity index (χ0) is 56.2. The fraction of sp³-hybridized carbons (Fsp3) is 0.741. The van der Waals surface area contributed by atoms with Crippen LogP contribution in [0.3, 0.4) is 0 Å². The molecule has 3 fully saturated rings. The summed E-state index contributed by atoms with van der Waals surface area (Å²) in [6.45, 7) is 1.56. The minimum absolute atomic E-state index is 0.180. The number of amides is 1. The maximum atomic E-state index is 13.3. The standard InChI is InChI=1S/C58H97NO18/c1-3-5-7-9-11-13-14-15-16-17-18-19-20-21-22-23-24-25-26-28-30-32-34-36-46(64)59-41(42(63)35-33-31-29-27-12-10-8-6-4-2)40-72-56-52(70)49(67)54(44(38-61)74-56)77-58-53(71)50(68)55(45(39-62)75-58)76-57-51(69)48(66)47(65)43(37-60)73-57/h5,7,11,13,15-16,18-19,21-22,24-25,28,30,41-45,47-58,60-63,65-71H,3-4,6,8-10,12,14,17,20,23,26-27,29,31-40H2,1-2H3,(H,59,64)/b7-5-,13-11-,16-15-,19-18-,22-21-,25-24-,30-28-. The van der Waals surface area contributed by atoms with E-state index in [1.165, 1.54) is 25.7 Å². The van der Waals surface area contributed by atoms with Crippen molar-refractivity contribution in [3.05, 3.63) is 85.1 Å². The quantitative estimate of drug-likeness (QED) is 0.0305. The second-order valence-electron chi connectivity index (χ2n) is 20.0. The molecule has 77 heavy (non-hydrogen) atoms. The number of nitrogens with one attached hydrogen (secondary N) is 1. The van der Waals surface area contributed by atoms with Crippen LogP contribution in [0.1, 0.15) is 142 Å². The molecule has 0 spiro atoms. The summed E-state index contributed by atoms with van der Waals surface area (Å²) in [5.41, 5.74) is 0. The van der Waals surface area contributed by atoms with E-state index in [1.807, 2.05) is 6.08 Å². The van der Waals surface area contributed by atoms with Gasteiger partial charge in [0, 0.05) is 6.42 Å². The first-order valence-electron chi connectivity index (χ1n) is 28.3. The van der Waals surface area contributed by atoms with Crippen LogP contribution in [0.2, 0.25) is 0 Å². The van der Waals surface area contributed by atoms with Gasteiger partial charge in [0.25, 0.3) is 0 Å². The first-order valence-corrected chi connectivity index (χ1v) is 28.3. The van der Waals surface area contributed by atoms with Crippen LogP contribution in [0.4, 0.5) is 0 Å². The highest BCUT2D eigenvalue weighted by Crippen LogP contribution is 2.33. The van der Waals surface area contributed by atoms with Gasteiger partial charge in [0.1, 0.15) is 73.2 Å². The minimum atomic E-state index is -1.98. The van der Waals surface area contributed by atoms with Gasteiger partial charge < -0.3 is 89.9 Å². The summed E-state index contributed by atoms with van der Waals surface area (Å²) in [5, 5.41) is 120. The van der Waals surface area contributed by atoms with Gasteiger partial charge in [-0.25, -0.2) is 0 Å². The first kappa shape index (κ1) is 68.2. The van der Waals surface area contributed by atoms with E-state index in [4.69, 9.17) is 28.4 Å². The molecule has 3 saturated heterocycles. The molecular formula is C58H97NO18. The van der Waals surface area contributed by atoms with Crippen LogP contribution in [-0.4, -0.2) is 193 Å². The molecule has 0 bridgehead atoms. The molecule has 0 aromatic heterocycles. The molecule has 0 radical (unpaired) electrons. The largest absolute Gasteiger partial charge is 0.394 e. The van der Waals surface area contributed by atoms with Gasteiger partial charge in [-0.2, -0.15) is 0 Å². The van der Waals surface area contributed by atoms with Crippen molar-refractivity contribution >= 4 is 5.91 Å². The second-order valence-corrected chi connectivity index (χ2v) is 20.0. The predicted octanol–water partition coefficient (Wildman–Crippen LogP) is 4.03. The third-order valence-electron chi connectivity index (χ3n) is 13.7. The smallest absolute Gasteiger partial charge is 0.220 e. The molecule has 19 nitrogen and oxygen atoms in total. The minimum Gasteiger partial charge on any atom is -0.394 e. The van der Waals surface area contributed by atoms with Crippen molar-refractivity contribution in [2.75, 3.05) is 26.4 Å². The maximum absolute atomic E-state index is 13.3. The highest BCUT2D eigenvalue weighted by molar-refractivity contribution is 5.76. The number of rotatable bonds is 39. The average molecular weight is 1100 g/mol. The maximum Gasteiger partial charge on any atom is 0.220 e. The van der Waals surface area contributed by atoms with Crippen molar-refractivity contribution in [3.63, 3.8) is 0 Å². The van der Waals surface area contributed by atoms with Crippen LogP contribution < -0.4 is 5.32 Å². The van der Waals surface area contributed by atoms with Crippen LogP contribution in [0.5, 0.6) is 0 Å². The van der Waals surface area contributed by atoms with E-state index in [2.05, 4.69) is 98.2 Å². The van der Waals surface area contributed by atoms with Crippen LogP contribution in [0.15, 0.2) is 85.1 Å². The van der Waals surface area contributed by atoms with Crippen molar-refractivity contribution in [3.8, 4) is 0 Å². The molecule has 3 aliphatic rings. The Kier molecular flexibility index (Phi) is 36.4. The number of aliphatic hydroxyl groups is 11. The Morgan fingerprint density at radius 3 is 1.35 bits per heavy atom. The molecule has 0 saturated carbocycles. The fourth-order valence-corrected chi connectivity index (χ4v) is 9.06. The van der Waals surface area contributed by atoms with Crippen molar-refractivity contribution < 1.29 is 89.4 Å². The number of unbranched alkanes of at least 4 members (excludes halogenated alkanes) is 9. The Bertz CT molecular complexity index is 1740. The summed E-state index contributed by atoms with van der Waals surface area (Å²) in [4.78, 5) is 13.3. The molecule has 442 valence electrons. The van der Waals surface area contributed by atoms with Crippen molar-refractivity contribution in [1.29, 1.82) is 0 Å². The molecule has 0 aromatic rings. The molecule has 12 N–H and O–H groups in total. The molecule has 0 aromatic carbocycles.